The molecule has 0 unspecified atom stereocenters. The summed E-state index contributed by atoms with van der Waals surface area (Å²) in [5, 5.41) is 4.24. The summed E-state index contributed by atoms with van der Waals surface area (Å²) in [4.78, 5) is 11.6. The number of nitrogens with zero attached hydrogens (tertiary/aromatic N) is 1. The van der Waals surface area contributed by atoms with E-state index in [0.29, 0.717) is 6.42 Å². The topological polar surface area (TPSA) is 41.5 Å². The molecule has 0 atom stereocenters. The van der Waals surface area contributed by atoms with Crippen LogP contribution in [-0.4, -0.2) is 11.6 Å². The van der Waals surface area contributed by atoms with E-state index in [1.807, 2.05) is 19.1 Å². The Bertz CT molecular complexity index is 421. The number of rotatable bonds is 7. The van der Waals surface area contributed by atoms with Gasteiger partial charge in [-0.05, 0) is 25.3 Å². The molecule has 104 valence electrons. The molecule has 3 heteroatoms. The first-order valence-electron chi connectivity index (χ1n) is 7.09. The van der Waals surface area contributed by atoms with Crippen molar-refractivity contribution in [3.05, 3.63) is 35.4 Å². The molecule has 0 aliphatic heterocycles. The van der Waals surface area contributed by atoms with E-state index in [4.69, 9.17) is 0 Å². The Hall–Kier alpha value is -1.64. The molecule has 1 amide bonds. The molecule has 0 heterocycles. The summed E-state index contributed by atoms with van der Waals surface area (Å²) in [5.74, 6) is 0.00603. The van der Waals surface area contributed by atoms with Gasteiger partial charge in [0.05, 0.1) is 5.71 Å². The molecule has 0 bridgehead atoms. The number of carbonyl (C=O) groups excluding carboxylic acids is 1. The highest BCUT2D eigenvalue weighted by Gasteiger charge is 2.03. The molecule has 0 aromatic heterocycles. The lowest BCUT2D eigenvalue weighted by atomic mass is 10.1. The lowest BCUT2D eigenvalue weighted by Crippen LogP contribution is -2.19. The van der Waals surface area contributed by atoms with Crippen LogP contribution < -0.4 is 5.43 Å². The van der Waals surface area contributed by atoms with Gasteiger partial charge in [-0.3, -0.25) is 4.79 Å². The maximum atomic E-state index is 11.6. The molecule has 0 saturated heterocycles. The van der Waals surface area contributed by atoms with Gasteiger partial charge in [0.25, 0.3) is 0 Å². The fourth-order valence-corrected chi connectivity index (χ4v) is 1.81. The van der Waals surface area contributed by atoms with Gasteiger partial charge in [-0.2, -0.15) is 5.10 Å². The number of hydrogen-bond donors (Lipinski definition) is 1. The van der Waals surface area contributed by atoms with Crippen molar-refractivity contribution < 1.29 is 4.79 Å². The second kappa shape index (κ2) is 8.46. The third-order valence-corrected chi connectivity index (χ3v) is 3.04. The van der Waals surface area contributed by atoms with E-state index in [9.17, 15) is 4.79 Å². The van der Waals surface area contributed by atoms with Gasteiger partial charge < -0.3 is 0 Å². The lowest BCUT2D eigenvalue weighted by molar-refractivity contribution is -0.121. The fraction of sp³-hybridized carbons (Fsp3) is 0.500. The molecule has 0 saturated carbocycles. The summed E-state index contributed by atoms with van der Waals surface area (Å²) >= 11 is 0. The number of amides is 1. The quantitative estimate of drug-likeness (QED) is 0.452. The smallest absolute Gasteiger partial charge is 0.240 e. The number of nitrogens with one attached hydrogen (secondary N) is 1. The first-order valence-corrected chi connectivity index (χ1v) is 7.09. The highest BCUT2D eigenvalue weighted by Crippen LogP contribution is 2.07. The largest absolute Gasteiger partial charge is 0.273 e. The number of unbranched alkanes of at least 4 members (excludes halogenated alkanes) is 2. The van der Waals surface area contributed by atoms with Crippen molar-refractivity contribution in [2.24, 2.45) is 5.10 Å². The van der Waals surface area contributed by atoms with Gasteiger partial charge in [-0.25, -0.2) is 5.43 Å². The summed E-state index contributed by atoms with van der Waals surface area (Å²) in [6.45, 7) is 6.23. The third kappa shape index (κ3) is 5.69. The monoisotopic (exact) mass is 260 g/mol. The van der Waals surface area contributed by atoms with E-state index in [1.165, 1.54) is 5.56 Å². The molecular weight excluding hydrogens is 236 g/mol. The van der Waals surface area contributed by atoms with Crippen molar-refractivity contribution in [2.75, 3.05) is 0 Å². The minimum absolute atomic E-state index is 0.00603. The lowest BCUT2D eigenvalue weighted by Gasteiger charge is -2.05. The number of benzene rings is 1. The van der Waals surface area contributed by atoms with E-state index < -0.39 is 0 Å². The maximum Gasteiger partial charge on any atom is 0.240 e. The Labute approximate surface area is 116 Å². The predicted molar refractivity (Wildman–Crippen MR) is 80.3 cm³/mol. The van der Waals surface area contributed by atoms with Crippen molar-refractivity contribution in [1.82, 2.24) is 5.43 Å². The minimum atomic E-state index is 0.00603. The van der Waals surface area contributed by atoms with Crippen LogP contribution in [0.1, 0.15) is 57.1 Å². The van der Waals surface area contributed by atoms with Gasteiger partial charge in [0.1, 0.15) is 0 Å². The van der Waals surface area contributed by atoms with Crippen LogP contribution >= 0.6 is 0 Å². The summed E-state index contributed by atoms with van der Waals surface area (Å²) in [5.41, 5.74) is 5.87. The van der Waals surface area contributed by atoms with E-state index in [2.05, 4.69) is 36.5 Å². The Morgan fingerprint density at radius 1 is 1.16 bits per heavy atom. The molecule has 0 aliphatic carbocycles. The van der Waals surface area contributed by atoms with Gasteiger partial charge in [0.15, 0.2) is 0 Å². The fourth-order valence-electron chi connectivity index (χ4n) is 1.81. The van der Waals surface area contributed by atoms with Crippen LogP contribution in [0.2, 0.25) is 0 Å². The van der Waals surface area contributed by atoms with Crippen molar-refractivity contribution in [1.29, 1.82) is 0 Å². The van der Waals surface area contributed by atoms with E-state index in [-0.39, 0.29) is 5.91 Å². The predicted octanol–water partition coefficient (Wildman–Crippen LogP) is 3.81. The van der Waals surface area contributed by atoms with Crippen LogP contribution in [0.15, 0.2) is 29.4 Å². The second-order valence-corrected chi connectivity index (χ2v) is 4.77. The summed E-state index contributed by atoms with van der Waals surface area (Å²) < 4.78 is 0. The van der Waals surface area contributed by atoms with Crippen LogP contribution in [0.25, 0.3) is 0 Å². The molecule has 0 spiro atoms. The molecular formula is C16H24N2O. The molecule has 0 radical (unpaired) electrons. The standard InChI is InChI=1S/C16H24N2O/c1-4-6-7-8-16(19)18-17-15(5-2)14-11-9-13(3)10-12-14/h9-12H,4-8H2,1-3H3,(H,18,19)/b17-15+. The normalized spacial score (nSPS) is 11.4. The molecule has 1 aromatic rings. The van der Waals surface area contributed by atoms with Crippen molar-refractivity contribution >= 4 is 11.6 Å². The van der Waals surface area contributed by atoms with Crippen LogP contribution in [0.4, 0.5) is 0 Å². The zero-order valence-electron chi connectivity index (χ0n) is 12.2. The van der Waals surface area contributed by atoms with Crippen LogP contribution in [0.5, 0.6) is 0 Å². The maximum absolute atomic E-state index is 11.6. The molecule has 0 fully saturated rings. The van der Waals surface area contributed by atoms with Crippen LogP contribution in [0.3, 0.4) is 0 Å². The number of hydrazone groups is 1. The summed E-state index contributed by atoms with van der Waals surface area (Å²) in [6, 6.07) is 8.20. The number of hydrogen-bond acceptors (Lipinski definition) is 2. The average Bonchev–Trinajstić information content (AvgIpc) is 2.41. The Morgan fingerprint density at radius 2 is 1.84 bits per heavy atom. The Kier molecular flexibility index (Phi) is 6.86. The number of aryl methyl sites for hydroxylation is 1. The molecule has 1 rings (SSSR count). The number of carbonyl (C=O) groups is 1. The van der Waals surface area contributed by atoms with Gasteiger partial charge >= 0.3 is 0 Å². The van der Waals surface area contributed by atoms with E-state index in [1.54, 1.807) is 0 Å². The Morgan fingerprint density at radius 3 is 2.42 bits per heavy atom. The summed E-state index contributed by atoms with van der Waals surface area (Å²) in [6.07, 6.45) is 4.51. The van der Waals surface area contributed by atoms with E-state index in [0.717, 1.165) is 37.0 Å². The average molecular weight is 260 g/mol. The van der Waals surface area contributed by atoms with Gasteiger partial charge in [-0.1, -0.05) is 56.5 Å². The van der Waals surface area contributed by atoms with Gasteiger partial charge in [0, 0.05) is 6.42 Å². The summed E-state index contributed by atoms with van der Waals surface area (Å²) in [7, 11) is 0. The molecule has 0 aliphatic rings. The van der Waals surface area contributed by atoms with Crippen molar-refractivity contribution in [3.8, 4) is 0 Å². The molecule has 19 heavy (non-hydrogen) atoms. The highest BCUT2D eigenvalue weighted by molar-refractivity contribution is 6.00. The van der Waals surface area contributed by atoms with E-state index >= 15 is 0 Å². The molecule has 1 aromatic carbocycles. The molecule has 1 N–H and O–H groups in total. The van der Waals surface area contributed by atoms with Crippen LogP contribution in [0, 0.1) is 6.92 Å². The third-order valence-electron chi connectivity index (χ3n) is 3.04. The van der Waals surface area contributed by atoms with Gasteiger partial charge in [-0.15, -0.1) is 0 Å². The van der Waals surface area contributed by atoms with Crippen molar-refractivity contribution in [3.63, 3.8) is 0 Å². The minimum Gasteiger partial charge on any atom is -0.273 e. The zero-order valence-corrected chi connectivity index (χ0v) is 12.2. The first-order chi connectivity index (χ1) is 9.17. The van der Waals surface area contributed by atoms with Gasteiger partial charge in [0.2, 0.25) is 5.91 Å². The van der Waals surface area contributed by atoms with Crippen LogP contribution in [-0.2, 0) is 4.79 Å². The Balaban J connectivity index is 2.57. The van der Waals surface area contributed by atoms with Crippen molar-refractivity contribution in [2.45, 2.75) is 52.9 Å². The molecule has 3 nitrogen and oxygen atoms in total. The zero-order chi connectivity index (χ0) is 14.1. The second-order valence-electron chi connectivity index (χ2n) is 4.77. The SMILES string of the molecule is CCCCCC(=O)N/N=C(\CC)c1ccc(C)cc1. The highest BCUT2D eigenvalue weighted by atomic mass is 16.2. The first kappa shape index (κ1) is 15.4.